The maximum atomic E-state index is 11.8. The molecule has 0 aromatic heterocycles. The van der Waals surface area contributed by atoms with Crippen LogP contribution >= 0.6 is 0 Å². The smallest absolute Gasteiger partial charge is 0.305 e. The van der Waals surface area contributed by atoms with Crippen molar-refractivity contribution in [2.75, 3.05) is 152 Å². The molecule has 0 saturated carbocycles. The molecule has 0 aromatic rings. The second kappa shape index (κ2) is 47.1. The third-order valence-corrected chi connectivity index (χ3v) is 7.34. The SMILES string of the molecule is CCCCCCCCCCCC(=O)OCCOCCOCCOCCOCCOCCOCCOCCOCCOCCOCCOCCCC. The van der Waals surface area contributed by atoms with Gasteiger partial charge in [-0.3, -0.25) is 4.79 Å². The van der Waals surface area contributed by atoms with Crippen LogP contribution < -0.4 is 0 Å². The van der Waals surface area contributed by atoms with Crippen LogP contribution in [0.5, 0.6) is 0 Å². The zero-order chi connectivity index (χ0) is 36.8. The Labute approximate surface area is 310 Å². The Morgan fingerprint density at radius 1 is 0.275 bits per heavy atom. The standard InChI is InChI=1S/C38H76O13/c1-3-5-7-8-9-10-11-12-13-14-38(39)51-37-36-50-35-34-49-33-32-48-31-30-47-29-28-46-27-26-45-25-24-44-23-22-43-21-20-42-19-18-41-17-16-40-15-6-4-2/h3-37H2,1-2H3. The van der Waals surface area contributed by atoms with Crippen LogP contribution in [-0.2, 0) is 61.6 Å². The summed E-state index contributed by atoms with van der Waals surface area (Å²) in [5, 5.41) is 0. The van der Waals surface area contributed by atoms with Crippen LogP contribution in [-0.4, -0.2) is 158 Å². The van der Waals surface area contributed by atoms with E-state index in [4.69, 9.17) is 56.8 Å². The summed E-state index contributed by atoms with van der Waals surface area (Å²) in [5.74, 6) is -0.136. The lowest BCUT2D eigenvalue weighted by molar-refractivity contribution is -0.145. The van der Waals surface area contributed by atoms with Crippen LogP contribution in [0.25, 0.3) is 0 Å². The van der Waals surface area contributed by atoms with Crippen LogP contribution in [0.15, 0.2) is 0 Å². The Hall–Kier alpha value is -0.970. The fraction of sp³-hybridized carbons (Fsp3) is 0.974. The van der Waals surface area contributed by atoms with Crippen LogP contribution in [0.3, 0.4) is 0 Å². The molecule has 0 amide bonds. The largest absolute Gasteiger partial charge is 0.463 e. The van der Waals surface area contributed by atoms with Crippen LogP contribution in [0.1, 0.15) is 90.9 Å². The number of carbonyl (C=O) groups is 1. The van der Waals surface area contributed by atoms with Crippen molar-refractivity contribution in [1.29, 1.82) is 0 Å². The lowest BCUT2D eigenvalue weighted by Crippen LogP contribution is -2.15. The molecule has 0 saturated heterocycles. The zero-order valence-corrected chi connectivity index (χ0v) is 32.6. The summed E-state index contributed by atoms with van der Waals surface area (Å²) in [6, 6.07) is 0. The van der Waals surface area contributed by atoms with E-state index in [9.17, 15) is 4.79 Å². The number of rotatable bonds is 46. The van der Waals surface area contributed by atoms with E-state index in [1.165, 1.54) is 44.9 Å². The van der Waals surface area contributed by atoms with Crippen LogP contribution in [0.2, 0.25) is 0 Å². The van der Waals surface area contributed by atoms with E-state index in [0.29, 0.717) is 145 Å². The summed E-state index contributed by atoms with van der Waals surface area (Å²) < 4.78 is 65.4. The van der Waals surface area contributed by atoms with Gasteiger partial charge in [-0.15, -0.1) is 0 Å². The van der Waals surface area contributed by atoms with Crippen molar-refractivity contribution in [3.8, 4) is 0 Å². The van der Waals surface area contributed by atoms with Gasteiger partial charge in [0.05, 0.1) is 139 Å². The molecule has 0 spiro atoms. The molecule has 13 nitrogen and oxygen atoms in total. The molecule has 0 fully saturated rings. The minimum Gasteiger partial charge on any atom is -0.463 e. The van der Waals surface area contributed by atoms with E-state index in [0.717, 1.165) is 32.3 Å². The lowest BCUT2D eigenvalue weighted by atomic mass is 10.1. The second-order valence-corrected chi connectivity index (χ2v) is 11.9. The van der Waals surface area contributed by atoms with Crippen molar-refractivity contribution in [1.82, 2.24) is 0 Å². The molecule has 0 aliphatic heterocycles. The second-order valence-electron chi connectivity index (χ2n) is 11.9. The summed E-state index contributed by atoms with van der Waals surface area (Å²) in [4.78, 5) is 11.8. The quantitative estimate of drug-likeness (QED) is 0.0582. The van der Waals surface area contributed by atoms with Gasteiger partial charge in [0, 0.05) is 13.0 Å². The molecule has 0 radical (unpaired) electrons. The summed E-state index contributed by atoms with van der Waals surface area (Å²) in [7, 11) is 0. The number of hydrogen-bond acceptors (Lipinski definition) is 13. The van der Waals surface area contributed by atoms with Crippen LogP contribution in [0, 0.1) is 0 Å². The zero-order valence-electron chi connectivity index (χ0n) is 32.6. The van der Waals surface area contributed by atoms with Gasteiger partial charge in [-0.2, -0.15) is 0 Å². The third kappa shape index (κ3) is 47.0. The average Bonchev–Trinajstić information content (AvgIpc) is 3.14. The molecular formula is C38H76O13. The fourth-order valence-electron chi connectivity index (χ4n) is 4.41. The van der Waals surface area contributed by atoms with Crippen molar-refractivity contribution in [2.45, 2.75) is 90.9 Å². The molecule has 0 bridgehead atoms. The highest BCUT2D eigenvalue weighted by Gasteiger charge is 2.03. The normalized spacial score (nSPS) is 11.5. The summed E-state index contributed by atoms with van der Waals surface area (Å²) in [5.41, 5.74) is 0. The molecule has 0 atom stereocenters. The van der Waals surface area contributed by atoms with Crippen molar-refractivity contribution in [3.63, 3.8) is 0 Å². The molecule has 51 heavy (non-hydrogen) atoms. The van der Waals surface area contributed by atoms with Gasteiger partial charge >= 0.3 is 5.97 Å². The molecule has 0 N–H and O–H groups in total. The molecule has 0 rings (SSSR count). The van der Waals surface area contributed by atoms with Gasteiger partial charge < -0.3 is 56.8 Å². The van der Waals surface area contributed by atoms with E-state index >= 15 is 0 Å². The molecule has 306 valence electrons. The predicted molar refractivity (Wildman–Crippen MR) is 197 cm³/mol. The number of unbranched alkanes of at least 4 members (excludes halogenated alkanes) is 9. The number of ether oxygens (including phenoxy) is 12. The summed E-state index contributed by atoms with van der Waals surface area (Å²) in [6.07, 6.45) is 13.8. The van der Waals surface area contributed by atoms with E-state index in [1.54, 1.807) is 0 Å². The van der Waals surface area contributed by atoms with E-state index < -0.39 is 0 Å². The van der Waals surface area contributed by atoms with Gasteiger partial charge in [-0.1, -0.05) is 71.6 Å². The molecular weight excluding hydrogens is 664 g/mol. The van der Waals surface area contributed by atoms with Crippen LogP contribution in [0.4, 0.5) is 0 Å². The highest BCUT2D eigenvalue weighted by atomic mass is 16.6. The van der Waals surface area contributed by atoms with Gasteiger partial charge in [0.25, 0.3) is 0 Å². The van der Waals surface area contributed by atoms with Gasteiger partial charge in [-0.25, -0.2) is 0 Å². The first-order valence-electron chi connectivity index (χ1n) is 19.8. The summed E-state index contributed by atoms with van der Waals surface area (Å²) >= 11 is 0. The average molecular weight is 741 g/mol. The Balaban J connectivity index is 3.10. The monoisotopic (exact) mass is 741 g/mol. The van der Waals surface area contributed by atoms with Crippen molar-refractivity contribution < 1.29 is 61.6 Å². The highest BCUT2D eigenvalue weighted by Crippen LogP contribution is 2.10. The maximum absolute atomic E-state index is 11.8. The Morgan fingerprint density at radius 3 is 0.804 bits per heavy atom. The predicted octanol–water partition coefficient (Wildman–Crippen LogP) is 5.43. The first-order chi connectivity index (χ1) is 25.3. The number of carbonyl (C=O) groups excluding carboxylic acids is 1. The maximum Gasteiger partial charge on any atom is 0.305 e. The van der Waals surface area contributed by atoms with Crippen molar-refractivity contribution in [2.24, 2.45) is 0 Å². The minimum atomic E-state index is -0.136. The highest BCUT2D eigenvalue weighted by molar-refractivity contribution is 5.69. The molecule has 0 heterocycles. The molecule has 0 aliphatic rings. The molecule has 0 aromatic carbocycles. The van der Waals surface area contributed by atoms with Crippen molar-refractivity contribution in [3.05, 3.63) is 0 Å². The molecule has 0 aliphatic carbocycles. The number of hydrogen-bond donors (Lipinski definition) is 0. The Bertz CT molecular complexity index is 645. The fourth-order valence-corrected chi connectivity index (χ4v) is 4.41. The van der Waals surface area contributed by atoms with Gasteiger partial charge in [0.15, 0.2) is 0 Å². The lowest BCUT2D eigenvalue weighted by Gasteiger charge is -2.09. The first-order valence-corrected chi connectivity index (χ1v) is 19.8. The first kappa shape index (κ1) is 50.0. The molecule has 0 unspecified atom stereocenters. The molecule has 13 heteroatoms. The van der Waals surface area contributed by atoms with E-state index in [2.05, 4.69) is 13.8 Å². The van der Waals surface area contributed by atoms with Crippen molar-refractivity contribution >= 4 is 5.97 Å². The van der Waals surface area contributed by atoms with E-state index in [1.807, 2.05) is 0 Å². The van der Waals surface area contributed by atoms with Gasteiger partial charge in [0.1, 0.15) is 6.61 Å². The van der Waals surface area contributed by atoms with Gasteiger partial charge in [0.2, 0.25) is 0 Å². The van der Waals surface area contributed by atoms with Gasteiger partial charge in [-0.05, 0) is 12.8 Å². The van der Waals surface area contributed by atoms with E-state index in [-0.39, 0.29) is 12.6 Å². The topological polar surface area (TPSA) is 128 Å². The summed E-state index contributed by atoms with van der Waals surface area (Å²) in [6.45, 7) is 16.3. The Morgan fingerprint density at radius 2 is 0.510 bits per heavy atom. The number of esters is 1. The third-order valence-electron chi connectivity index (χ3n) is 7.34. The Kier molecular flexibility index (Phi) is 46.2. The minimum absolute atomic E-state index is 0.136.